The lowest BCUT2D eigenvalue weighted by Gasteiger charge is -1.69. The molecular formula is C15H54P2. The Balaban J connectivity index is -0.00000000308. The van der Waals surface area contributed by atoms with E-state index < -0.39 is 0 Å². The summed E-state index contributed by atoms with van der Waals surface area (Å²) in [5.74, 6) is 0. The van der Waals surface area contributed by atoms with Gasteiger partial charge in [0, 0.05) is 0 Å². The van der Waals surface area contributed by atoms with Crippen molar-refractivity contribution in [3.05, 3.63) is 0 Å². The third-order valence-electron chi connectivity index (χ3n) is 0.707. The fraction of sp³-hybridized carbons (Fsp3) is 1.00. The minimum Gasteiger partial charge on any atom is -0.126 e. The van der Waals surface area contributed by atoms with Crippen LogP contribution in [0.2, 0.25) is 0 Å². The molecule has 0 nitrogen and oxygen atoms in total. The van der Waals surface area contributed by atoms with Crippen LogP contribution < -0.4 is 0 Å². The summed E-state index contributed by atoms with van der Waals surface area (Å²) in [6.45, 7) is 8.80. The first-order chi connectivity index (χ1) is 3.83. The molecule has 0 radical (unpaired) electrons. The van der Waals surface area contributed by atoms with Gasteiger partial charge in [0.1, 0.15) is 0 Å². The van der Waals surface area contributed by atoms with Crippen molar-refractivity contribution in [2.45, 2.75) is 80.7 Å². The maximum Gasteiger partial charge on any atom is -0.0385 e. The van der Waals surface area contributed by atoms with Crippen molar-refractivity contribution >= 4 is 17.2 Å². The Morgan fingerprint density at radius 3 is 0.529 bits per heavy atom. The van der Waals surface area contributed by atoms with Gasteiger partial charge in [0.15, 0.2) is 0 Å². The Labute approximate surface area is 124 Å². The highest BCUT2D eigenvalue weighted by Gasteiger charge is 1.55. The van der Waals surface area contributed by atoms with Crippen LogP contribution in [0.15, 0.2) is 0 Å². The van der Waals surface area contributed by atoms with Gasteiger partial charge in [0.25, 0.3) is 0 Å². The van der Waals surface area contributed by atoms with Crippen molar-refractivity contribution in [3.8, 4) is 0 Å². The maximum atomic E-state index is 2.21. The molecule has 0 N–H and O–H groups in total. The average Bonchev–Trinajstić information content (AvgIpc) is 1.88. The van der Waals surface area contributed by atoms with E-state index in [0.29, 0.717) is 0 Å². The molecule has 17 heavy (non-hydrogen) atoms. The van der Waals surface area contributed by atoms with Gasteiger partial charge in [-0.05, 0) is 25.7 Å². The zero-order chi connectivity index (χ0) is 6.83. The van der Waals surface area contributed by atoms with Gasteiger partial charge in [0.2, 0.25) is 0 Å². The molecule has 0 heterocycles. The smallest absolute Gasteiger partial charge is 0.0385 e. The lowest BCUT2D eigenvalue weighted by molar-refractivity contribution is 1.52. The summed E-state index contributed by atoms with van der Waals surface area (Å²) in [5.41, 5.74) is 0. The molecule has 0 aromatic carbocycles. The number of rotatable bonds is 2. The van der Waals surface area contributed by atoms with Gasteiger partial charge in [-0.1, -0.05) is 80.7 Å². The molecule has 2 heteroatoms. The molecule has 124 valence electrons. The second-order valence-electron chi connectivity index (χ2n) is 1.41. The van der Waals surface area contributed by atoms with E-state index in [9.17, 15) is 0 Å². The SMILES string of the molecule is C.C.C.C.C.C.C.C.C.CCPC.CCPC. The maximum absolute atomic E-state index is 2.21. The molecule has 0 aliphatic heterocycles. The quantitative estimate of drug-likeness (QED) is 0.449. The summed E-state index contributed by atoms with van der Waals surface area (Å²) in [6.07, 6.45) is 2.69. The van der Waals surface area contributed by atoms with Crippen LogP contribution in [0.1, 0.15) is 80.7 Å². The lowest BCUT2D eigenvalue weighted by atomic mass is 11.0. The Morgan fingerprint density at radius 2 is 0.529 bits per heavy atom. The van der Waals surface area contributed by atoms with Gasteiger partial charge in [-0.2, -0.15) is 0 Å². The van der Waals surface area contributed by atoms with Crippen molar-refractivity contribution in [2.24, 2.45) is 0 Å². The van der Waals surface area contributed by atoms with Crippen molar-refractivity contribution in [2.75, 3.05) is 25.7 Å². The fourth-order valence-electron chi connectivity index (χ4n) is 0. The predicted octanol–water partition coefficient (Wildman–Crippen LogP) is 8.35. The molecule has 0 bridgehead atoms. The molecule has 0 fully saturated rings. The number of hydrogen-bond acceptors (Lipinski definition) is 0. The zero-order valence-corrected chi connectivity index (χ0v) is 8.41. The average molecular weight is 297 g/mol. The standard InChI is InChI=1S/2C3H9P.9CH4/c2*1-3-4-2;;;;;;;;;/h2*4H,3H2,1-2H3;9*1H4. The van der Waals surface area contributed by atoms with E-state index in [1.807, 2.05) is 0 Å². The fourth-order valence-corrected chi connectivity index (χ4v) is 0. The van der Waals surface area contributed by atoms with E-state index in [-0.39, 0.29) is 66.8 Å². The third kappa shape index (κ3) is 455. The van der Waals surface area contributed by atoms with Crippen molar-refractivity contribution in [3.63, 3.8) is 0 Å². The molecule has 0 aromatic heterocycles. The van der Waals surface area contributed by atoms with E-state index in [2.05, 4.69) is 27.2 Å². The van der Waals surface area contributed by atoms with Gasteiger partial charge in [-0.25, -0.2) is 0 Å². The molecule has 0 rings (SSSR count). The molecule has 0 saturated heterocycles. The highest BCUT2D eigenvalue weighted by atomic mass is 31.1. The van der Waals surface area contributed by atoms with E-state index in [1.54, 1.807) is 0 Å². The first-order valence-corrected chi connectivity index (χ1v) is 6.54. The van der Waals surface area contributed by atoms with E-state index in [0.717, 1.165) is 17.2 Å². The highest BCUT2D eigenvalue weighted by Crippen LogP contribution is 1.95. The van der Waals surface area contributed by atoms with Crippen LogP contribution >= 0.6 is 17.2 Å². The summed E-state index contributed by atoms with van der Waals surface area (Å²) in [4.78, 5) is 0. The zero-order valence-electron chi connectivity index (χ0n) is 6.41. The van der Waals surface area contributed by atoms with Crippen LogP contribution in [0.5, 0.6) is 0 Å². The molecule has 0 aliphatic rings. The van der Waals surface area contributed by atoms with Gasteiger partial charge in [-0.3, -0.25) is 0 Å². The Morgan fingerprint density at radius 1 is 0.471 bits per heavy atom. The minimum atomic E-state index is 0. The van der Waals surface area contributed by atoms with Gasteiger partial charge in [0.05, 0.1) is 0 Å². The van der Waals surface area contributed by atoms with Crippen molar-refractivity contribution in [1.82, 2.24) is 0 Å². The molecule has 2 atom stereocenters. The van der Waals surface area contributed by atoms with Gasteiger partial charge >= 0.3 is 0 Å². The van der Waals surface area contributed by atoms with Gasteiger partial charge in [-0.15, -0.1) is 17.2 Å². The largest absolute Gasteiger partial charge is 0.126 e. The van der Waals surface area contributed by atoms with Gasteiger partial charge < -0.3 is 0 Å². The summed E-state index contributed by atoms with van der Waals surface area (Å²) in [6, 6.07) is 0. The molecule has 0 spiro atoms. The summed E-state index contributed by atoms with van der Waals surface area (Å²) >= 11 is 0. The van der Waals surface area contributed by atoms with E-state index in [1.165, 1.54) is 12.3 Å². The Bertz CT molecular complexity index is 16.9. The molecular weight excluding hydrogens is 242 g/mol. The summed E-state index contributed by atoms with van der Waals surface area (Å²) in [5, 5.41) is 0. The van der Waals surface area contributed by atoms with Crippen LogP contribution in [0.4, 0.5) is 0 Å². The molecule has 0 amide bonds. The number of hydrogen-bond donors (Lipinski definition) is 0. The normalized spacial score (nSPS) is 4.94. The molecule has 2 unspecified atom stereocenters. The predicted molar refractivity (Wildman–Crippen MR) is 110 cm³/mol. The lowest BCUT2D eigenvalue weighted by Crippen LogP contribution is -1.47. The molecule has 0 saturated carbocycles. The summed E-state index contributed by atoms with van der Waals surface area (Å²) < 4.78 is 0. The van der Waals surface area contributed by atoms with Crippen LogP contribution in [-0.4, -0.2) is 25.7 Å². The molecule has 0 aromatic rings. The Kier molecular flexibility index (Phi) is 1140. The topological polar surface area (TPSA) is 0 Å². The van der Waals surface area contributed by atoms with Crippen molar-refractivity contribution < 1.29 is 0 Å². The van der Waals surface area contributed by atoms with Crippen LogP contribution in [0, 0.1) is 0 Å². The van der Waals surface area contributed by atoms with Crippen molar-refractivity contribution in [1.29, 1.82) is 0 Å². The minimum absolute atomic E-state index is 0. The van der Waals surface area contributed by atoms with E-state index >= 15 is 0 Å². The van der Waals surface area contributed by atoms with E-state index in [4.69, 9.17) is 0 Å². The first kappa shape index (κ1) is 108. The van der Waals surface area contributed by atoms with Crippen LogP contribution in [0.3, 0.4) is 0 Å². The van der Waals surface area contributed by atoms with Crippen LogP contribution in [-0.2, 0) is 0 Å². The Hall–Kier alpha value is 0.860. The summed E-state index contributed by atoms with van der Waals surface area (Å²) in [7, 11) is 2.28. The second-order valence-corrected chi connectivity index (χ2v) is 4.24. The van der Waals surface area contributed by atoms with Crippen LogP contribution in [0.25, 0.3) is 0 Å². The monoisotopic (exact) mass is 296 g/mol. The molecule has 0 aliphatic carbocycles. The highest BCUT2D eigenvalue weighted by molar-refractivity contribution is 7.37. The third-order valence-corrected chi connectivity index (χ3v) is 2.12. The second kappa shape index (κ2) is 180. The first-order valence-electron chi connectivity index (χ1n) is 3.12.